The second kappa shape index (κ2) is 11.3. The number of nitrogens with one attached hydrogen (secondary N) is 2. The number of fused-ring (bicyclic) bond motifs is 1. The molecular formula is C24H39N2O5+. The quantitative estimate of drug-likeness (QED) is 0.495. The molecule has 1 aliphatic carbocycles. The molecule has 1 aromatic rings. The van der Waals surface area contributed by atoms with Crippen LogP contribution in [-0.2, 0) is 20.7 Å². The number of benzene rings is 1. The lowest BCUT2D eigenvalue weighted by atomic mass is 9.72. The highest BCUT2D eigenvalue weighted by atomic mass is 16.5. The van der Waals surface area contributed by atoms with Gasteiger partial charge in [0.2, 0.25) is 5.91 Å². The first-order chi connectivity index (χ1) is 14.9. The van der Waals surface area contributed by atoms with E-state index >= 15 is 0 Å². The first-order valence-electron chi connectivity index (χ1n) is 11.6. The van der Waals surface area contributed by atoms with Crippen molar-refractivity contribution < 1.29 is 29.0 Å². The van der Waals surface area contributed by atoms with Gasteiger partial charge in [0.25, 0.3) is 0 Å². The molecule has 0 radical (unpaired) electrons. The number of amides is 1. The molecule has 3 atom stereocenters. The van der Waals surface area contributed by atoms with Crippen molar-refractivity contribution in [3.8, 4) is 5.75 Å². The van der Waals surface area contributed by atoms with Gasteiger partial charge in [-0.05, 0) is 55.0 Å². The van der Waals surface area contributed by atoms with Crippen molar-refractivity contribution in [3.05, 3.63) is 28.3 Å². The van der Waals surface area contributed by atoms with Crippen molar-refractivity contribution >= 4 is 5.91 Å². The lowest BCUT2D eigenvalue weighted by molar-refractivity contribution is -0.906. The standard InChI is InChI=1S/C24H38N2O5/c1-16-15-21(31-14-13-29-4)18(3)22-19(16)5-6-20(23(22)27)17(2)24(28)25-7-8-26-9-11-30-12-10-26/h15,17,20,23,27H,5-14H2,1-4H3,(H,25,28)/p+1/t17-,20+,23+/m0/s1. The maximum absolute atomic E-state index is 12.8. The van der Waals surface area contributed by atoms with Crippen LogP contribution in [0.15, 0.2) is 6.07 Å². The van der Waals surface area contributed by atoms with Gasteiger partial charge in [-0.25, -0.2) is 0 Å². The molecule has 7 heteroatoms. The summed E-state index contributed by atoms with van der Waals surface area (Å²) in [6.45, 7) is 12.2. The van der Waals surface area contributed by atoms with Gasteiger partial charge in [-0.15, -0.1) is 0 Å². The average Bonchev–Trinajstić information content (AvgIpc) is 2.77. The molecule has 1 fully saturated rings. The summed E-state index contributed by atoms with van der Waals surface area (Å²) in [7, 11) is 1.65. The molecule has 0 spiro atoms. The zero-order valence-corrected chi connectivity index (χ0v) is 19.5. The Bertz CT molecular complexity index is 748. The second-order valence-electron chi connectivity index (χ2n) is 8.89. The molecule has 3 N–H and O–H groups in total. The van der Waals surface area contributed by atoms with Crippen LogP contribution in [0.3, 0.4) is 0 Å². The van der Waals surface area contributed by atoms with Gasteiger partial charge >= 0.3 is 0 Å². The van der Waals surface area contributed by atoms with Gasteiger partial charge in [-0.1, -0.05) is 6.92 Å². The van der Waals surface area contributed by atoms with E-state index in [1.54, 1.807) is 7.11 Å². The van der Waals surface area contributed by atoms with Crippen LogP contribution in [0.2, 0.25) is 0 Å². The van der Waals surface area contributed by atoms with Crippen LogP contribution in [0.5, 0.6) is 5.75 Å². The molecular weight excluding hydrogens is 396 g/mol. The summed E-state index contributed by atoms with van der Waals surface area (Å²) in [6.07, 6.45) is 1.01. The van der Waals surface area contributed by atoms with Crippen molar-refractivity contribution in [2.75, 3.05) is 59.7 Å². The Morgan fingerprint density at radius 1 is 1.32 bits per heavy atom. The van der Waals surface area contributed by atoms with Crippen LogP contribution in [0, 0.1) is 25.7 Å². The molecule has 1 aromatic carbocycles. The number of ether oxygens (including phenoxy) is 3. The van der Waals surface area contributed by atoms with E-state index in [4.69, 9.17) is 14.2 Å². The van der Waals surface area contributed by atoms with Crippen molar-refractivity contribution in [3.63, 3.8) is 0 Å². The molecule has 1 heterocycles. The molecule has 1 saturated heterocycles. The lowest BCUT2D eigenvalue weighted by Gasteiger charge is -2.36. The van der Waals surface area contributed by atoms with Crippen LogP contribution in [0.4, 0.5) is 0 Å². The van der Waals surface area contributed by atoms with E-state index in [1.807, 2.05) is 13.8 Å². The number of methoxy groups -OCH3 is 1. The molecule has 1 amide bonds. The summed E-state index contributed by atoms with van der Waals surface area (Å²) in [5.74, 6) is 0.469. The number of morpholine rings is 1. The molecule has 31 heavy (non-hydrogen) atoms. The highest BCUT2D eigenvalue weighted by Crippen LogP contribution is 2.43. The fraction of sp³-hybridized carbons (Fsp3) is 0.708. The van der Waals surface area contributed by atoms with E-state index in [9.17, 15) is 9.90 Å². The van der Waals surface area contributed by atoms with E-state index in [1.165, 1.54) is 10.5 Å². The zero-order chi connectivity index (χ0) is 22.4. The van der Waals surface area contributed by atoms with Crippen molar-refractivity contribution in [2.45, 2.75) is 39.7 Å². The molecule has 7 nitrogen and oxygen atoms in total. The van der Waals surface area contributed by atoms with Gasteiger partial charge in [0.1, 0.15) is 25.4 Å². The Morgan fingerprint density at radius 2 is 2.06 bits per heavy atom. The summed E-state index contributed by atoms with van der Waals surface area (Å²) in [5.41, 5.74) is 4.25. The Labute approximate surface area is 186 Å². The predicted octanol–water partition coefficient (Wildman–Crippen LogP) is 0.592. The van der Waals surface area contributed by atoms with Gasteiger partial charge in [-0.2, -0.15) is 0 Å². The third-order valence-corrected chi connectivity index (χ3v) is 6.93. The largest absolute Gasteiger partial charge is 0.491 e. The molecule has 1 aliphatic heterocycles. The number of quaternary nitrogens is 1. The predicted molar refractivity (Wildman–Crippen MR) is 119 cm³/mol. The van der Waals surface area contributed by atoms with E-state index in [0.717, 1.165) is 68.1 Å². The van der Waals surface area contributed by atoms with Crippen LogP contribution in [0.25, 0.3) is 0 Å². The highest BCUT2D eigenvalue weighted by Gasteiger charge is 2.37. The fourth-order valence-corrected chi connectivity index (χ4v) is 4.91. The van der Waals surface area contributed by atoms with Gasteiger partial charge in [0.05, 0.1) is 39.0 Å². The number of hydrogen-bond acceptors (Lipinski definition) is 5. The van der Waals surface area contributed by atoms with Gasteiger partial charge in [0.15, 0.2) is 0 Å². The van der Waals surface area contributed by atoms with Gasteiger partial charge in [-0.3, -0.25) is 4.79 Å². The molecule has 0 saturated carbocycles. The third kappa shape index (κ3) is 5.77. The maximum Gasteiger partial charge on any atom is 0.223 e. The second-order valence-corrected chi connectivity index (χ2v) is 8.89. The summed E-state index contributed by atoms with van der Waals surface area (Å²) in [5, 5.41) is 14.4. The summed E-state index contributed by atoms with van der Waals surface area (Å²) >= 11 is 0. The Balaban J connectivity index is 1.64. The third-order valence-electron chi connectivity index (χ3n) is 6.93. The smallest absolute Gasteiger partial charge is 0.223 e. The normalized spacial score (nSPS) is 22.6. The van der Waals surface area contributed by atoms with Crippen molar-refractivity contribution in [2.24, 2.45) is 11.8 Å². The van der Waals surface area contributed by atoms with Crippen LogP contribution in [0.1, 0.15) is 41.7 Å². The number of aliphatic hydroxyl groups is 1. The maximum atomic E-state index is 12.8. The molecule has 174 valence electrons. The SMILES string of the molecule is COCCOc1cc(C)c2c(c1C)[C@H](O)[C@@H]([C@H](C)C(=O)NCC[NH+]1CCOCC1)CC2. The minimum absolute atomic E-state index is 0.0297. The van der Waals surface area contributed by atoms with E-state index in [0.29, 0.717) is 19.8 Å². The zero-order valence-electron chi connectivity index (χ0n) is 19.5. The first-order valence-corrected chi connectivity index (χ1v) is 11.6. The van der Waals surface area contributed by atoms with Crippen LogP contribution >= 0.6 is 0 Å². The number of carbonyl (C=O) groups excluding carboxylic acids is 1. The van der Waals surface area contributed by atoms with E-state index in [2.05, 4.69) is 18.3 Å². The van der Waals surface area contributed by atoms with Crippen molar-refractivity contribution in [1.82, 2.24) is 5.32 Å². The Hall–Kier alpha value is -1.67. The minimum atomic E-state index is -0.668. The summed E-state index contributed by atoms with van der Waals surface area (Å²) in [4.78, 5) is 14.3. The molecule has 0 aromatic heterocycles. The summed E-state index contributed by atoms with van der Waals surface area (Å²) in [6, 6.07) is 2.06. The fourth-order valence-electron chi connectivity index (χ4n) is 4.91. The van der Waals surface area contributed by atoms with Gasteiger partial charge in [0, 0.05) is 18.9 Å². The number of rotatable bonds is 9. The monoisotopic (exact) mass is 435 g/mol. The lowest BCUT2D eigenvalue weighted by Crippen LogP contribution is -3.14. The number of carbonyl (C=O) groups is 1. The molecule has 3 rings (SSSR count). The van der Waals surface area contributed by atoms with Crippen LogP contribution < -0.4 is 15.0 Å². The van der Waals surface area contributed by atoms with Gasteiger partial charge < -0.3 is 29.5 Å². The van der Waals surface area contributed by atoms with Crippen LogP contribution in [-0.4, -0.2) is 70.7 Å². The molecule has 0 bridgehead atoms. The average molecular weight is 436 g/mol. The Kier molecular flexibility index (Phi) is 8.72. The van der Waals surface area contributed by atoms with Crippen molar-refractivity contribution in [1.29, 1.82) is 0 Å². The molecule has 2 aliphatic rings. The number of aliphatic hydroxyl groups excluding tert-OH is 1. The minimum Gasteiger partial charge on any atom is -0.491 e. The molecule has 0 unspecified atom stereocenters. The summed E-state index contributed by atoms with van der Waals surface area (Å²) < 4.78 is 16.4. The topological polar surface area (TPSA) is 81.5 Å². The van der Waals surface area contributed by atoms with E-state index in [-0.39, 0.29) is 17.7 Å². The first kappa shape index (κ1) is 24.0. The van der Waals surface area contributed by atoms with E-state index < -0.39 is 6.10 Å². The number of hydrogen-bond donors (Lipinski definition) is 3. The number of aryl methyl sites for hydroxylation is 1. The highest BCUT2D eigenvalue weighted by molar-refractivity contribution is 5.78. The Morgan fingerprint density at radius 3 is 2.77 bits per heavy atom.